The van der Waals surface area contributed by atoms with Gasteiger partial charge in [-0.3, -0.25) is 9.48 Å². The SMILES string of the molecule is Cc1cc(C(F)(F)F)nn1CC(C)C(=O)Nc1ccc(S(=O)(=O)N2CCOCC2)cc1. The smallest absolute Gasteiger partial charge is 0.379 e. The second-order valence-electron chi connectivity index (χ2n) is 7.28. The number of anilines is 1. The van der Waals surface area contributed by atoms with Gasteiger partial charge in [0.2, 0.25) is 15.9 Å². The number of sulfonamides is 1. The summed E-state index contributed by atoms with van der Waals surface area (Å²) in [4.78, 5) is 12.6. The molecule has 1 saturated heterocycles. The van der Waals surface area contributed by atoms with Crippen LogP contribution in [0.5, 0.6) is 0 Å². The molecule has 31 heavy (non-hydrogen) atoms. The maximum atomic E-state index is 12.8. The zero-order valence-electron chi connectivity index (χ0n) is 17.0. The molecule has 0 saturated carbocycles. The number of rotatable bonds is 6. The Morgan fingerprint density at radius 3 is 2.39 bits per heavy atom. The molecule has 1 fully saturated rings. The number of aryl methyl sites for hydroxylation is 1. The van der Waals surface area contributed by atoms with Crippen LogP contribution < -0.4 is 5.32 Å². The number of morpholine rings is 1. The maximum absolute atomic E-state index is 12.8. The van der Waals surface area contributed by atoms with Gasteiger partial charge in [-0.2, -0.15) is 22.6 Å². The molecule has 0 aliphatic carbocycles. The van der Waals surface area contributed by atoms with Gasteiger partial charge in [-0.05, 0) is 37.3 Å². The highest BCUT2D eigenvalue weighted by molar-refractivity contribution is 7.89. The van der Waals surface area contributed by atoms with E-state index in [1.807, 2.05) is 0 Å². The average Bonchev–Trinajstić information content (AvgIpc) is 3.10. The second kappa shape index (κ2) is 8.97. The third-order valence-electron chi connectivity index (χ3n) is 4.90. The molecule has 0 spiro atoms. The first-order valence-electron chi connectivity index (χ1n) is 9.59. The van der Waals surface area contributed by atoms with Gasteiger partial charge in [0, 0.05) is 24.5 Å². The quantitative estimate of drug-likeness (QED) is 0.715. The minimum absolute atomic E-state index is 0.0305. The fraction of sp³-hybridized carbons (Fsp3) is 0.474. The largest absolute Gasteiger partial charge is 0.435 e. The molecule has 1 atom stereocenters. The fourth-order valence-corrected chi connectivity index (χ4v) is 4.50. The second-order valence-corrected chi connectivity index (χ2v) is 9.22. The molecule has 0 bridgehead atoms. The van der Waals surface area contributed by atoms with Crippen LogP contribution in [0.4, 0.5) is 18.9 Å². The molecule has 8 nitrogen and oxygen atoms in total. The monoisotopic (exact) mass is 460 g/mol. The van der Waals surface area contributed by atoms with E-state index in [0.29, 0.717) is 24.6 Å². The van der Waals surface area contributed by atoms with Gasteiger partial charge in [0.1, 0.15) is 0 Å². The third-order valence-corrected chi connectivity index (χ3v) is 6.81. The lowest BCUT2D eigenvalue weighted by atomic mass is 10.1. The summed E-state index contributed by atoms with van der Waals surface area (Å²) in [6, 6.07) is 6.67. The van der Waals surface area contributed by atoms with Crippen molar-refractivity contribution in [3.05, 3.63) is 41.7 Å². The number of hydrogen-bond acceptors (Lipinski definition) is 5. The number of amides is 1. The fourth-order valence-electron chi connectivity index (χ4n) is 3.09. The van der Waals surface area contributed by atoms with Crippen LogP contribution in [0.3, 0.4) is 0 Å². The summed E-state index contributed by atoms with van der Waals surface area (Å²) in [5, 5.41) is 6.17. The van der Waals surface area contributed by atoms with Gasteiger partial charge in [0.25, 0.3) is 0 Å². The normalized spacial score (nSPS) is 16.8. The molecule has 2 heterocycles. The number of alkyl halides is 3. The summed E-state index contributed by atoms with van der Waals surface area (Å²) in [7, 11) is -3.64. The number of nitrogens with one attached hydrogen (secondary N) is 1. The third kappa shape index (κ3) is 5.43. The summed E-state index contributed by atoms with van der Waals surface area (Å²) in [5.74, 6) is -1.09. The Labute approximate surface area is 178 Å². The van der Waals surface area contributed by atoms with Gasteiger partial charge in [-0.15, -0.1) is 0 Å². The molecule has 1 aromatic carbocycles. The Hall–Kier alpha value is -2.44. The topological polar surface area (TPSA) is 93.5 Å². The minimum atomic E-state index is -4.55. The number of carbonyl (C=O) groups excluding carboxylic acids is 1. The molecule has 170 valence electrons. The average molecular weight is 460 g/mol. The number of ether oxygens (including phenoxy) is 1. The van der Waals surface area contributed by atoms with Crippen LogP contribution in [0.15, 0.2) is 35.2 Å². The Bertz CT molecular complexity index is 1030. The van der Waals surface area contributed by atoms with Gasteiger partial charge in [0.15, 0.2) is 5.69 Å². The zero-order chi connectivity index (χ0) is 22.8. The molecular weight excluding hydrogens is 437 g/mol. The van der Waals surface area contributed by atoms with Gasteiger partial charge < -0.3 is 10.1 Å². The van der Waals surface area contributed by atoms with Gasteiger partial charge in [-0.25, -0.2) is 8.42 Å². The Kier molecular flexibility index (Phi) is 6.72. The molecule has 1 N–H and O–H groups in total. The highest BCUT2D eigenvalue weighted by Gasteiger charge is 2.34. The van der Waals surface area contributed by atoms with Crippen LogP contribution in [0.1, 0.15) is 18.3 Å². The molecule has 1 amide bonds. The molecule has 12 heteroatoms. The van der Waals surface area contributed by atoms with E-state index in [9.17, 15) is 26.4 Å². The van der Waals surface area contributed by atoms with Gasteiger partial charge >= 0.3 is 6.18 Å². The maximum Gasteiger partial charge on any atom is 0.435 e. The Balaban J connectivity index is 1.63. The lowest BCUT2D eigenvalue weighted by Gasteiger charge is -2.26. The number of nitrogens with zero attached hydrogens (tertiary/aromatic N) is 3. The van der Waals surface area contributed by atoms with Gasteiger partial charge in [-0.1, -0.05) is 6.92 Å². The molecule has 2 aromatic rings. The van der Waals surface area contributed by atoms with E-state index in [1.54, 1.807) is 6.92 Å². The summed E-state index contributed by atoms with van der Waals surface area (Å²) < 4.78 is 71.3. The van der Waals surface area contributed by atoms with E-state index in [2.05, 4.69) is 10.4 Å². The predicted octanol–water partition coefficient (Wildman–Crippen LogP) is 2.51. The van der Waals surface area contributed by atoms with E-state index in [0.717, 1.165) is 10.7 Å². The van der Waals surface area contributed by atoms with Crippen molar-refractivity contribution in [1.82, 2.24) is 14.1 Å². The van der Waals surface area contributed by atoms with Crippen molar-refractivity contribution in [3.63, 3.8) is 0 Å². The summed E-state index contributed by atoms with van der Waals surface area (Å²) in [5.41, 5.74) is -0.328. The van der Waals surface area contributed by atoms with E-state index < -0.39 is 33.7 Å². The van der Waals surface area contributed by atoms with Crippen molar-refractivity contribution in [2.45, 2.75) is 31.5 Å². The van der Waals surface area contributed by atoms with Crippen LogP contribution in [-0.2, 0) is 32.3 Å². The molecule has 1 aliphatic rings. The zero-order valence-corrected chi connectivity index (χ0v) is 17.8. The molecular formula is C19H23F3N4O4S. The van der Waals surface area contributed by atoms with E-state index in [-0.39, 0.29) is 24.5 Å². The van der Waals surface area contributed by atoms with Crippen LogP contribution >= 0.6 is 0 Å². The molecule has 1 unspecified atom stereocenters. The molecule has 3 rings (SSSR count). The van der Waals surface area contributed by atoms with Crippen molar-refractivity contribution in [2.75, 3.05) is 31.6 Å². The highest BCUT2D eigenvalue weighted by Crippen LogP contribution is 2.28. The van der Waals surface area contributed by atoms with Crippen LogP contribution in [0, 0.1) is 12.8 Å². The van der Waals surface area contributed by atoms with E-state index >= 15 is 0 Å². The number of halogens is 3. The molecule has 1 aliphatic heterocycles. The van der Waals surface area contributed by atoms with Crippen LogP contribution in [0.25, 0.3) is 0 Å². The first-order valence-corrected chi connectivity index (χ1v) is 11.0. The first kappa shape index (κ1) is 23.2. The van der Waals surface area contributed by atoms with E-state index in [1.165, 1.54) is 35.5 Å². The summed E-state index contributed by atoms with van der Waals surface area (Å²) in [6.07, 6.45) is -4.55. The number of carbonyl (C=O) groups is 1. The minimum Gasteiger partial charge on any atom is -0.379 e. The summed E-state index contributed by atoms with van der Waals surface area (Å²) >= 11 is 0. The van der Waals surface area contributed by atoms with Crippen LogP contribution in [0.2, 0.25) is 0 Å². The number of aromatic nitrogens is 2. The van der Waals surface area contributed by atoms with Crippen molar-refractivity contribution < 1.29 is 31.1 Å². The lowest BCUT2D eigenvalue weighted by molar-refractivity contribution is -0.141. The Morgan fingerprint density at radius 1 is 1.23 bits per heavy atom. The van der Waals surface area contributed by atoms with E-state index in [4.69, 9.17) is 4.74 Å². The lowest BCUT2D eigenvalue weighted by Crippen LogP contribution is -2.40. The van der Waals surface area contributed by atoms with Crippen molar-refractivity contribution in [1.29, 1.82) is 0 Å². The van der Waals surface area contributed by atoms with Crippen molar-refractivity contribution >= 4 is 21.6 Å². The summed E-state index contributed by atoms with van der Waals surface area (Å²) in [6.45, 7) is 4.26. The molecule has 1 aromatic heterocycles. The standard InChI is InChI=1S/C19H23F3N4O4S/c1-13(12-26-14(2)11-17(24-26)19(20,21)22)18(27)23-15-3-5-16(6-4-15)31(28,29)25-7-9-30-10-8-25/h3-6,11,13H,7-10,12H2,1-2H3,(H,23,27). The number of benzene rings is 1. The van der Waals surface area contributed by atoms with Crippen molar-refractivity contribution in [3.8, 4) is 0 Å². The van der Waals surface area contributed by atoms with Crippen molar-refractivity contribution in [2.24, 2.45) is 5.92 Å². The molecule has 0 radical (unpaired) electrons. The van der Waals surface area contributed by atoms with Gasteiger partial charge in [0.05, 0.1) is 30.6 Å². The first-order chi connectivity index (χ1) is 14.5. The highest BCUT2D eigenvalue weighted by atomic mass is 32.2. The Morgan fingerprint density at radius 2 is 1.84 bits per heavy atom. The predicted molar refractivity (Wildman–Crippen MR) is 106 cm³/mol. The van der Waals surface area contributed by atoms with Crippen LogP contribution in [-0.4, -0.2) is 54.7 Å². The number of hydrogen-bond donors (Lipinski definition) is 1.